The minimum absolute atomic E-state index is 0.259. The second kappa shape index (κ2) is 5.07. The highest BCUT2D eigenvalue weighted by atomic mass is 79.9. The molecular weight excluding hydrogens is 271 g/mol. The van der Waals surface area contributed by atoms with Gasteiger partial charge in [-0.05, 0) is 18.2 Å². The average Bonchev–Trinajstić information content (AvgIpc) is 2.75. The molecule has 0 bridgehead atoms. The number of aromatic nitrogens is 2. The van der Waals surface area contributed by atoms with Crippen molar-refractivity contribution in [2.24, 2.45) is 0 Å². The third-order valence-electron chi connectivity index (χ3n) is 2.07. The molecule has 0 unspecified atom stereocenters. The highest BCUT2D eigenvalue weighted by Crippen LogP contribution is 2.10. The molecule has 2 nitrogen and oxygen atoms in total. The summed E-state index contributed by atoms with van der Waals surface area (Å²) in [6.45, 7) is 0. The van der Waals surface area contributed by atoms with Gasteiger partial charge in [0.05, 0.1) is 11.9 Å². The number of allylic oxidation sites excluding steroid dienone is 1. The van der Waals surface area contributed by atoms with Gasteiger partial charge in [-0.3, -0.25) is 0 Å². The van der Waals surface area contributed by atoms with Crippen LogP contribution in [-0.4, -0.2) is 15.1 Å². The van der Waals surface area contributed by atoms with E-state index in [4.69, 9.17) is 0 Å². The smallest absolute Gasteiger partial charge is 0.125 e. The van der Waals surface area contributed by atoms with E-state index in [9.17, 15) is 4.39 Å². The van der Waals surface area contributed by atoms with Gasteiger partial charge in [-0.1, -0.05) is 34.1 Å². The SMILES string of the molecule is Fc1cccc(-n2cc(C=CCBr)cn2)c1. The minimum Gasteiger partial charge on any atom is -0.240 e. The number of hydrogen-bond donors (Lipinski definition) is 0. The first kappa shape index (κ1) is 11.1. The predicted octanol–water partition coefficient (Wildman–Crippen LogP) is 3.42. The number of benzene rings is 1. The molecule has 0 aliphatic heterocycles. The zero-order valence-corrected chi connectivity index (χ0v) is 10.1. The molecule has 4 heteroatoms. The van der Waals surface area contributed by atoms with Crippen LogP contribution in [0.2, 0.25) is 0 Å². The monoisotopic (exact) mass is 280 g/mol. The molecule has 1 heterocycles. The number of halogens is 2. The summed E-state index contributed by atoms with van der Waals surface area (Å²) in [5.74, 6) is -0.259. The minimum atomic E-state index is -0.259. The Morgan fingerprint density at radius 2 is 2.31 bits per heavy atom. The number of hydrogen-bond acceptors (Lipinski definition) is 1. The molecule has 0 fully saturated rings. The zero-order chi connectivity index (χ0) is 11.4. The van der Waals surface area contributed by atoms with Crippen LogP contribution in [0.3, 0.4) is 0 Å². The Balaban J connectivity index is 2.28. The lowest BCUT2D eigenvalue weighted by atomic mass is 10.3. The molecule has 2 aromatic rings. The van der Waals surface area contributed by atoms with Crippen molar-refractivity contribution in [3.63, 3.8) is 0 Å². The third-order valence-corrected chi connectivity index (χ3v) is 2.45. The molecule has 82 valence electrons. The second-order valence-corrected chi connectivity index (χ2v) is 3.90. The van der Waals surface area contributed by atoms with Crippen LogP contribution >= 0.6 is 15.9 Å². The van der Waals surface area contributed by atoms with Crippen molar-refractivity contribution >= 4 is 22.0 Å². The third kappa shape index (κ3) is 2.58. The van der Waals surface area contributed by atoms with Crippen molar-refractivity contribution in [1.29, 1.82) is 0 Å². The van der Waals surface area contributed by atoms with Crippen molar-refractivity contribution in [3.8, 4) is 5.69 Å². The number of rotatable bonds is 3. The Kier molecular flexibility index (Phi) is 3.51. The fourth-order valence-electron chi connectivity index (χ4n) is 1.36. The maximum Gasteiger partial charge on any atom is 0.125 e. The van der Waals surface area contributed by atoms with Crippen molar-refractivity contribution in [2.75, 3.05) is 5.33 Å². The van der Waals surface area contributed by atoms with Gasteiger partial charge in [0.1, 0.15) is 5.82 Å². The van der Waals surface area contributed by atoms with E-state index in [1.54, 1.807) is 16.9 Å². The summed E-state index contributed by atoms with van der Waals surface area (Å²) in [6.07, 6.45) is 7.53. The quantitative estimate of drug-likeness (QED) is 0.788. The van der Waals surface area contributed by atoms with E-state index in [1.165, 1.54) is 12.1 Å². The van der Waals surface area contributed by atoms with E-state index in [-0.39, 0.29) is 5.82 Å². The Labute approximate surface area is 102 Å². The van der Waals surface area contributed by atoms with Crippen LogP contribution in [0.15, 0.2) is 42.7 Å². The topological polar surface area (TPSA) is 17.8 Å². The van der Waals surface area contributed by atoms with Gasteiger partial charge in [-0.2, -0.15) is 5.10 Å². The molecule has 0 aliphatic carbocycles. The second-order valence-electron chi connectivity index (χ2n) is 3.25. The van der Waals surface area contributed by atoms with E-state index in [0.29, 0.717) is 0 Å². The predicted molar refractivity (Wildman–Crippen MR) is 66.4 cm³/mol. The molecular formula is C12H10BrFN2. The van der Waals surface area contributed by atoms with Crippen LogP contribution < -0.4 is 0 Å². The van der Waals surface area contributed by atoms with Crippen LogP contribution in [0, 0.1) is 5.82 Å². The Morgan fingerprint density at radius 3 is 3.06 bits per heavy atom. The van der Waals surface area contributed by atoms with Gasteiger partial charge in [-0.15, -0.1) is 0 Å². The van der Waals surface area contributed by atoms with Gasteiger partial charge >= 0.3 is 0 Å². The van der Waals surface area contributed by atoms with E-state index in [2.05, 4.69) is 21.0 Å². The molecule has 0 spiro atoms. The fourth-order valence-corrected chi connectivity index (χ4v) is 1.55. The summed E-state index contributed by atoms with van der Waals surface area (Å²) < 4.78 is 14.7. The molecule has 0 N–H and O–H groups in total. The lowest BCUT2D eigenvalue weighted by Crippen LogP contribution is -1.93. The van der Waals surface area contributed by atoms with E-state index in [1.807, 2.05) is 24.4 Å². The Morgan fingerprint density at radius 1 is 1.44 bits per heavy atom. The van der Waals surface area contributed by atoms with Gasteiger partial charge in [0.15, 0.2) is 0 Å². The van der Waals surface area contributed by atoms with Crippen LogP contribution in [0.25, 0.3) is 11.8 Å². The molecule has 1 aromatic heterocycles. The molecule has 16 heavy (non-hydrogen) atoms. The van der Waals surface area contributed by atoms with Gasteiger partial charge in [0.25, 0.3) is 0 Å². The lowest BCUT2D eigenvalue weighted by Gasteiger charge is -1.99. The van der Waals surface area contributed by atoms with Gasteiger partial charge in [-0.25, -0.2) is 9.07 Å². The van der Waals surface area contributed by atoms with E-state index >= 15 is 0 Å². The zero-order valence-electron chi connectivity index (χ0n) is 8.48. The first-order valence-corrected chi connectivity index (χ1v) is 5.95. The highest BCUT2D eigenvalue weighted by molar-refractivity contribution is 9.09. The number of alkyl halides is 1. The van der Waals surface area contributed by atoms with Gasteiger partial charge < -0.3 is 0 Å². The largest absolute Gasteiger partial charge is 0.240 e. The molecule has 0 amide bonds. The summed E-state index contributed by atoms with van der Waals surface area (Å²) in [5.41, 5.74) is 1.71. The molecule has 0 radical (unpaired) electrons. The van der Waals surface area contributed by atoms with Crippen LogP contribution in [0.1, 0.15) is 5.56 Å². The molecule has 1 aromatic carbocycles. The normalized spacial score (nSPS) is 11.1. The standard InChI is InChI=1S/C12H10BrFN2/c13-6-2-3-10-8-15-16(9-10)12-5-1-4-11(14)7-12/h1-5,7-9H,6H2. The first-order chi connectivity index (χ1) is 7.79. The summed E-state index contributed by atoms with van der Waals surface area (Å²) in [5, 5.41) is 4.97. The van der Waals surface area contributed by atoms with Gasteiger partial charge in [0, 0.05) is 17.1 Å². The summed E-state index contributed by atoms with van der Waals surface area (Å²) in [7, 11) is 0. The van der Waals surface area contributed by atoms with Crippen LogP contribution in [0.5, 0.6) is 0 Å². The van der Waals surface area contributed by atoms with Crippen LogP contribution in [-0.2, 0) is 0 Å². The number of nitrogens with zero attached hydrogens (tertiary/aromatic N) is 2. The van der Waals surface area contributed by atoms with Crippen molar-refractivity contribution < 1.29 is 4.39 Å². The Hall–Kier alpha value is -1.42. The van der Waals surface area contributed by atoms with E-state index < -0.39 is 0 Å². The van der Waals surface area contributed by atoms with Crippen LogP contribution in [0.4, 0.5) is 4.39 Å². The molecule has 2 rings (SSSR count). The average molecular weight is 281 g/mol. The maximum atomic E-state index is 13.0. The van der Waals surface area contributed by atoms with Crippen molar-refractivity contribution in [3.05, 3.63) is 54.1 Å². The molecule has 0 aliphatic rings. The van der Waals surface area contributed by atoms with E-state index in [0.717, 1.165) is 16.6 Å². The summed E-state index contributed by atoms with van der Waals surface area (Å²) in [4.78, 5) is 0. The van der Waals surface area contributed by atoms with Crippen molar-refractivity contribution in [2.45, 2.75) is 0 Å². The molecule has 0 atom stereocenters. The lowest BCUT2D eigenvalue weighted by molar-refractivity contribution is 0.625. The first-order valence-electron chi connectivity index (χ1n) is 4.83. The van der Waals surface area contributed by atoms with Crippen molar-refractivity contribution in [1.82, 2.24) is 9.78 Å². The Bertz CT molecular complexity index is 505. The summed E-state index contributed by atoms with van der Waals surface area (Å²) >= 11 is 3.30. The molecule has 0 saturated carbocycles. The molecule has 0 saturated heterocycles. The summed E-state index contributed by atoms with van der Waals surface area (Å²) in [6, 6.07) is 6.35. The highest BCUT2D eigenvalue weighted by Gasteiger charge is 1.99. The maximum absolute atomic E-state index is 13.0. The van der Waals surface area contributed by atoms with Gasteiger partial charge in [0.2, 0.25) is 0 Å². The fraction of sp³-hybridized carbons (Fsp3) is 0.0833.